The number of benzene rings is 1. The predicted molar refractivity (Wildman–Crippen MR) is 52.3 cm³/mol. The topological polar surface area (TPSA) is 43.4 Å². The molecule has 0 aliphatic rings. The molecule has 6 heteroatoms. The highest BCUT2D eigenvalue weighted by atomic mass is 35.5. The summed E-state index contributed by atoms with van der Waals surface area (Å²) in [5.41, 5.74) is -0.607. The molecule has 0 saturated heterocycles. The molecule has 0 heterocycles. The van der Waals surface area contributed by atoms with E-state index >= 15 is 0 Å². The average molecular weight is 249 g/mol. The van der Waals surface area contributed by atoms with Crippen LogP contribution in [0.2, 0.25) is 5.02 Å². The first-order valence-corrected chi connectivity index (χ1v) is 4.71. The molecule has 0 aliphatic heterocycles. The maximum Gasteiger partial charge on any atom is 0.379 e. The fraction of sp³-hybridized carbons (Fsp3) is 0.200. The molecule has 3 nitrogen and oxygen atoms in total. The molecule has 0 atom stereocenters. The summed E-state index contributed by atoms with van der Waals surface area (Å²) in [6, 6.07) is 1.19. The third-order valence-electron chi connectivity index (χ3n) is 1.72. The summed E-state index contributed by atoms with van der Waals surface area (Å²) in [4.78, 5) is 22.3. The van der Waals surface area contributed by atoms with Crippen LogP contribution in [0.15, 0.2) is 12.1 Å². The van der Waals surface area contributed by atoms with Gasteiger partial charge in [-0.3, -0.25) is 4.79 Å². The zero-order chi connectivity index (χ0) is 12.3. The normalized spacial score (nSPS) is 10.0. The summed E-state index contributed by atoms with van der Waals surface area (Å²) < 4.78 is 30.3. The summed E-state index contributed by atoms with van der Waals surface area (Å²) in [6.45, 7) is 1.49. The minimum Gasteiger partial charge on any atom is -0.460 e. The fourth-order valence-electron chi connectivity index (χ4n) is 1.00. The van der Waals surface area contributed by atoms with Gasteiger partial charge in [-0.15, -0.1) is 0 Å². The molecule has 0 saturated carbocycles. The minimum absolute atomic E-state index is 0.0128. The van der Waals surface area contributed by atoms with E-state index < -0.39 is 34.0 Å². The highest BCUT2D eigenvalue weighted by molar-refractivity contribution is 6.41. The van der Waals surface area contributed by atoms with E-state index in [2.05, 4.69) is 4.74 Å². The zero-order valence-corrected chi connectivity index (χ0v) is 8.98. The summed E-state index contributed by atoms with van der Waals surface area (Å²) in [6.07, 6.45) is 0. The van der Waals surface area contributed by atoms with Crippen LogP contribution in [0.25, 0.3) is 0 Å². The quantitative estimate of drug-likeness (QED) is 0.357. The Hall–Kier alpha value is -1.49. The molecule has 0 radical (unpaired) electrons. The molecule has 0 aromatic heterocycles. The van der Waals surface area contributed by atoms with Crippen LogP contribution in [0, 0.1) is 11.6 Å². The maximum absolute atomic E-state index is 13.2. The van der Waals surface area contributed by atoms with Crippen LogP contribution in [-0.2, 0) is 9.53 Å². The van der Waals surface area contributed by atoms with Gasteiger partial charge in [-0.2, -0.15) is 0 Å². The van der Waals surface area contributed by atoms with Gasteiger partial charge in [-0.25, -0.2) is 13.6 Å². The molecular weight excluding hydrogens is 242 g/mol. The maximum atomic E-state index is 13.2. The van der Waals surface area contributed by atoms with Crippen molar-refractivity contribution in [2.75, 3.05) is 6.61 Å². The van der Waals surface area contributed by atoms with E-state index in [-0.39, 0.29) is 6.61 Å². The van der Waals surface area contributed by atoms with E-state index in [0.717, 1.165) is 6.07 Å². The van der Waals surface area contributed by atoms with Crippen molar-refractivity contribution in [3.63, 3.8) is 0 Å². The number of hydrogen-bond acceptors (Lipinski definition) is 3. The Balaban J connectivity index is 3.09. The molecule has 0 unspecified atom stereocenters. The highest BCUT2D eigenvalue weighted by Crippen LogP contribution is 2.20. The molecular formula is C10H7ClF2O3. The van der Waals surface area contributed by atoms with Crippen LogP contribution in [0.1, 0.15) is 17.3 Å². The number of hydrogen-bond donors (Lipinski definition) is 0. The second kappa shape index (κ2) is 5.03. The van der Waals surface area contributed by atoms with Gasteiger partial charge in [0.05, 0.1) is 17.2 Å². The Bertz CT molecular complexity index is 446. The first kappa shape index (κ1) is 12.6. The van der Waals surface area contributed by atoms with Gasteiger partial charge in [0, 0.05) is 6.07 Å². The lowest BCUT2D eigenvalue weighted by Gasteiger charge is -2.03. The van der Waals surface area contributed by atoms with Gasteiger partial charge in [0.2, 0.25) is 0 Å². The van der Waals surface area contributed by atoms with E-state index in [1.165, 1.54) is 6.92 Å². The van der Waals surface area contributed by atoms with E-state index in [1.54, 1.807) is 0 Å². The van der Waals surface area contributed by atoms with Gasteiger partial charge in [0.15, 0.2) is 0 Å². The number of ketones is 1. The lowest BCUT2D eigenvalue weighted by Crippen LogP contribution is -2.19. The summed E-state index contributed by atoms with van der Waals surface area (Å²) in [7, 11) is 0. The lowest BCUT2D eigenvalue weighted by atomic mass is 10.1. The summed E-state index contributed by atoms with van der Waals surface area (Å²) in [5, 5.41) is -0.436. The van der Waals surface area contributed by atoms with Crippen molar-refractivity contribution in [1.82, 2.24) is 0 Å². The third kappa shape index (κ3) is 2.55. The van der Waals surface area contributed by atoms with Gasteiger partial charge < -0.3 is 4.74 Å². The van der Waals surface area contributed by atoms with Crippen molar-refractivity contribution in [2.24, 2.45) is 0 Å². The monoisotopic (exact) mass is 248 g/mol. The lowest BCUT2D eigenvalue weighted by molar-refractivity contribution is -0.137. The van der Waals surface area contributed by atoms with Gasteiger partial charge in [-0.05, 0) is 13.0 Å². The van der Waals surface area contributed by atoms with Crippen LogP contribution in [0.4, 0.5) is 8.78 Å². The number of esters is 1. The molecule has 1 aromatic carbocycles. The first-order chi connectivity index (χ1) is 7.47. The van der Waals surface area contributed by atoms with E-state index in [1.807, 2.05) is 0 Å². The van der Waals surface area contributed by atoms with Gasteiger partial charge in [-0.1, -0.05) is 11.6 Å². The van der Waals surface area contributed by atoms with Crippen molar-refractivity contribution in [2.45, 2.75) is 6.92 Å². The number of ether oxygens (including phenoxy) is 1. The second-order valence-corrected chi connectivity index (χ2v) is 3.20. The standard InChI is InChI=1S/C10H7ClF2O3/c1-2-16-10(15)9(14)5-3-6(11)8(13)4-7(5)12/h3-4H,2H2,1H3. The Kier molecular flexibility index (Phi) is 3.95. The van der Waals surface area contributed by atoms with E-state index in [9.17, 15) is 18.4 Å². The first-order valence-electron chi connectivity index (χ1n) is 4.33. The molecule has 1 rings (SSSR count). The Morgan fingerprint density at radius 3 is 2.50 bits per heavy atom. The van der Waals surface area contributed by atoms with Crippen molar-refractivity contribution >= 4 is 23.4 Å². The fourth-order valence-corrected chi connectivity index (χ4v) is 1.17. The predicted octanol–water partition coefficient (Wildman–Crippen LogP) is 2.36. The molecule has 0 bridgehead atoms. The van der Waals surface area contributed by atoms with E-state index in [0.29, 0.717) is 6.07 Å². The number of rotatable bonds is 3. The van der Waals surface area contributed by atoms with E-state index in [4.69, 9.17) is 11.6 Å². The number of carbonyl (C=O) groups is 2. The van der Waals surface area contributed by atoms with Crippen molar-refractivity contribution in [3.05, 3.63) is 34.4 Å². The summed E-state index contributed by atoms with van der Waals surface area (Å²) in [5.74, 6) is -4.55. The van der Waals surface area contributed by atoms with Gasteiger partial charge in [0.25, 0.3) is 5.78 Å². The summed E-state index contributed by atoms with van der Waals surface area (Å²) >= 11 is 5.37. The molecule has 0 N–H and O–H groups in total. The Morgan fingerprint density at radius 1 is 1.31 bits per heavy atom. The Labute approximate surface area is 95.0 Å². The average Bonchev–Trinajstić information content (AvgIpc) is 2.23. The SMILES string of the molecule is CCOC(=O)C(=O)c1cc(Cl)c(F)cc1F. The molecule has 0 amide bonds. The van der Waals surface area contributed by atoms with Crippen molar-refractivity contribution in [3.8, 4) is 0 Å². The molecule has 16 heavy (non-hydrogen) atoms. The Morgan fingerprint density at radius 2 is 1.94 bits per heavy atom. The van der Waals surface area contributed by atoms with Crippen molar-refractivity contribution in [1.29, 1.82) is 0 Å². The van der Waals surface area contributed by atoms with Crippen LogP contribution in [0.3, 0.4) is 0 Å². The highest BCUT2D eigenvalue weighted by Gasteiger charge is 2.22. The molecule has 1 aromatic rings. The van der Waals surface area contributed by atoms with Gasteiger partial charge in [0.1, 0.15) is 11.6 Å². The smallest absolute Gasteiger partial charge is 0.379 e. The minimum atomic E-state index is -1.20. The van der Waals surface area contributed by atoms with Gasteiger partial charge >= 0.3 is 5.97 Å². The zero-order valence-electron chi connectivity index (χ0n) is 8.22. The second-order valence-electron chi connectivity index (χ2n) is 2.80. The largest absolute Gasteiger partial charge is 0.460 e. The third-order valence-corrected chi connectivity index (χ3v) is 2.01. The molecule has 86 valence electrons. The molecule has 0 fully saturated rings. The van der Waals surface area contributed by atoms with Crippen LogP contribution >= 0.6 is 11.6 Å². The van der Waals surface area contributed by atoms with Crippen LogP contribution in [-0.4, -0.2) is 18.4 Å². The number of carbonyl (C=O) groups excluding carboxylic acids is 2. The molecule has 0 spiro atoms. The molecule has 0 aliphatic carbocycles. The van der Waals surface area contributed by atoms with Crippen molar-refractivity contribution < 1.29 is 23.1 Å². The number of Topliss-reactive ketones (excluding diaryl/α,β-unsaturated/α-hetero) is 1. The number of halogens is 3. The van der Waals surface area contributed by atoms with Crippen LogP contribution < -0.4 is 0 Å². The van der Waals surface area contributed by atoms with Crippen LogP contribution in [0.5, 0.6) is 0 Å².